The summed E-state index contributed by atoms with van der Waals surface area (Å²) in [6.45, 7) is -0.136. The number of rotatable bonds is 3. The summed E-state index contributed by atoms with van der Waals surface area (Å²) in [7, 11) is -3.57. The number of hydrogen-bond acceptors (Lipinski definition) is 7. The summed E-state index contributed by atoms with van der Waals surface area (Å²) in [5, 5.41) is 3.07. The third kappa shape index (κ3) is 7.90. The number of hydrogen-bond donors (Lipinski definition) is 2. The average molecular weight is 498 g/mol. The van der Waals surface area contributed by atoms with E-state index in [0.717, 1.165) is 6.26 Å². The molecule has 2 amide bonds. The number of para-hydroxylation sites is 2. The van der Waals surface area contributed by atoms with Gasteiger partial charge in [-0.25, -0.2) is 13.1 Å². The zero-order valence-electron chi connectivity index (χ0n) is 17.9. The van der Waals surface area contributed by atoms with E-state index in [0.29, 0.717) is 28.0 Å². The topological polar surface area (TPSA) is 123 Å². The fourth-order valence-electron chi connectivity index (χ4n) is 2.91. The molecule has 0 fully saturated rings. The zero-order chi connectivity index (χ0) is 23.8. The predicted molar refractivity (Wildman–Crippen MR) is 122 cm³/mol. The van der Waals surface area contributed by atoms with E-state index in [1.54, 1.807) is 36.4 Å². The molecule has 2 aromatic rings. The first-order valence-electron chi connectivity index (χ1n) is 10.0. The summed E-state index contributed by atoms with van der Waals surface area (Å²) >= 11 is 6.10. The highest BCUT2D eigenvalue weighted by atomic mass is 35.5. The van der Waals surface area contributed by atoms with Crippen LogP contribution in [0, 0.1) is 0 Å². The molecule has 2 aromatic carbocycles. The molecule has 10 nitrogen and oxygen atoms in total. The van der Waals surface area contributed by atoms with Gasteiger partial charge in [-0.3, -0.25) is 9.59 Å². The smallest absolute Gasteiger partial charge is 0.244 e. The average Bonchev–Trinajstić information content (AvgIpc) is 2.75. The van der Waals surface area contributed by atoms with E-state index >= 15 is 0 Å². The largest absolute Gasteiger partial charge is 0.487 e. The molecule has 3 rings (SSSR count). The maximum Gasteiger partial charge on any atom is 0.244 e. The number of ether oxygens (including phenoxy) is 3. The van der Waals surface area contributed by atoms with E-state index in [9.17, 15) is 18.0 Å². The standard InChI is InChI=1S/C21H24ClN3O7S/c1-33(28,29)23-13-21(27)25-8-9-30-10-11-31-18-4-2-3-5-19(18)32-17-7-6-15(22)12-16(17)24-20(26)14-25/h2-7,12,23H,8-11,13-14H2,1H3,(H,24,26). The van der Waals surface area contributed by atoms with Crippen LogP contribution in [0.1, 0.15) is 0 Å². The summed E-state index contributed by atoms with van der Waals surface area (Å²) in [4.78, 5) is 26.5. The first-order valence-corrected chi connectivity index (χ1v) is 12.3. The van der Waals surface area contributed by atoms with Crippen LogP contribution in [0.25, 0.3) is 0 Å². The Morgan fingerprint density at radius 3 is 2.64 bits per heavy atom. The van der Waals surface area contributed by atoms with Gasteiger partial charge in [-0.15, -0.1) is 0 Å². The van der Waals surface area contributed by atoms with Crippen molar-refractivity contribution in [2.75, 3.05) is 51.0 Å². The van der Waals surface area contributed by atoms with Gasteiger partial charge < -0.3 is 24.4 Å². The lowest BCUT2D eigenvalue weighted by Crippen LogP contribution is -2.45. The third-order valence-electron chi connectivity index (χ3n) is 4.45. The molecule has 0 unspecified atom stereocenters. The monoisotopic (exact) mass is 497 g/mol. The second kappa shape index (κ2) is 11.3. The van der Waals surface area contributed by atoms with E-state index < -0.39 is 28.4 Å². The van der Waals surface area contributed by atoms with Crippen molar-refractivity contribution in [1.82, 2.24) is 9.62 Å². The molecule has 1 aliphatic heterocycles. The van der Waals surface area contributed by atoms with E-state index in [-0.39, 0.29) is 32.9 Å². The van der Waals surface area contributed by atoms with Crippen molar-refractivity contribution in [3.63, 3.8) is 0 Å². The first kappa shape index (κ1) is 24.8. The molecule has 1 heterocycles. The molecule has 0 atom stereocenters. The number of nitrogens with zero attached hydrogens (tertiary/aromatic N) is 1. The Labute approximate surface area is 196 Å². The molecule has 0 aromatic heterocycles. The van der Waals surface area contributed by atoms with Gasteiger partial charge in [0, 0.05) is 11.6 Å². The normalized spacial score (nSPS) is 15.6. The van der Waals surface area contributed by atoms with Crippen LogP contribution in [0.4, 0.5) is 5.69 Å². The number of carbonyl (C=O) groups excluding carboxylic acids is 2. The van der Waals surface area contributed by atoms with Crippen LogP contribution < -0.4 is 19.5 Å². The van der Waals surface area contributed by atoms with Crippen molar-refractivity contribution in [2.24, 2.45) is 0 Å². The minimum absolute atomic E-state index is 0.0766. The number of fused-ring (bicyclic) bond motifs is 2. The van der Waals surface area contributed by atoms with Crippen LogP contribution in [-0.2, 0) is 24.3 Å². The van der Waals surface area contributed by atoms with Gasteiger partial charge in [-0.1, -0.05) is 23.7 Å². The van der Waals surface area contributed by atoms with Crippen LogP contribution in [0.15, 0.2) is 42.5 Å². The maximum absolute atomic E-state index is 12.7. The molecule has 0 saturated carbocycles. The Bertz CT molecular complexity index is 1110. The van der Waals surface area contributed by atoms with E-state index in [4.69, 9.17) is 25.8 Å². The Morgan fingerprint density at radius 2 is 1.88 bits per heavy atom. The number of halogens is 1. The number of nitrogens with one attached hydrogen (secondary N) is 2. The second-order valence-corrected chi connectivity index (χ2v) is 9.38. The number of sulfonamides is 1. The molecule has 2 N–H and O–H groups in total. The lowest BCUT2D eigenvalue weighted by Gasteiger charge is -2.22. The minimum Gasteiger partial charge on any atom is -0.487 e. The molecule has 0 radical (unpaired) electrons. The van der Waals surface area contributed by atoms with Crippen LogP contribution in [0.5, 0.6) is 17.2 Å². The number of carbonyl (C=O) groups is 2. The lowest BCUT2D eigenvalue weighted by molar-refractivity contribution is -0.134. The summed E-state index contributed by atoms with van der Waals surface area (Å²) in [6, 6.07) is 11.8. The van der Waals surface area contributed by atoms with Crippen molar-refractivity contribution < 1.29 is 32.2 Å². The van der Waals surface area contributed by atoms with Crippen molar-refractivity contribution in [3.05, 3.63) is 47.5 Å². The molecule has 12 heteroatoms. The van der Waals surface area contributed by atoms with Gasteiger partial charge in [0.2, 0.25) is 21.8 Å². The second-order valence-electron chi connectivity index (χ2n) is 7.11. The van der Waals surface area contributed by atoms with E-state index in [1.807, 2.05) is 0 Å². The van der Waals surface area contributed by atoms with Gasteiger partial charge >= 0.3 is 0 Å². The van der Waals surface area contributed by atoms with Crippen LogP contribution in [0.3, 0.4) is 0 Å². The van der Waals surface area contributed by atoms with E-state index in [1.165, 1.54) is 11.0 Å². The molecular weight excluding hydrogens is 474 g/mol. The minimum atomic E-state index is -3.57. The van der Waals surface area contributed by atoms with Crippen LogP contribution in [-0.4, -0.2) is 70.8 Å². The van der Waals surface area contributed by atoms with Crippen molar-refractivity contribution in [1.29, 1.82) is 0 Å². The Balaban J connectivity index is 1.84. The van der Waals surface area contributed by atoms with Gasteiger partial charge in [-0.05, 0) is 30.3 Å². The van der Waals surface area contributed by atoms with Crippen LogP contribution >= 0.6 is 11.6 Å². The summed E-state index contributed by atoms with van der Waals surface area (Å²) in [5.41, 5.74) is 0.301. The quantitative estimate of drug-likeness (QED) is 0.663. The molecule has 0 saturated heterocycles. The predicted octanol–water partition coefficient (Wildman–Crippen LogP) is 1.86. The van der Waals surface area contributed by atoms with Crippen molar-refractivity contribution >= 4 is 39.1 Å². The maximum atomic E-state index is 12.7. The highest BCUT2D eigenvalue weighted by molar-refractivity contribution is 7.88. The number of benzene rings is 2. The van der Waals surface area contributed by atoms with Gasteiger partial charge in [0.05, 0.1) is 38.2 Å². The Hall–Kier alpha value is -2.86. The van der Waals surface area contributed by atoms with Gasteiger partial charge in [0.1, 0.15) is 6.61 Å². The molecule has 0 spiro atoms. The van der Waals surface area contributed by atoms with E-state index in [2.05, 4.69) is 10.0 Å². The zero-order valence-corrected chi connectivity index (χ0v) is 19.4. The van der Waals surface area contributed by atoms with Crippen molar-refractivity contribution in [3.8, 4) is 17.2 Å². The molecule has 0 aliphatic carbocycles. The first-order chi connectivity index (χ1) is 15.7. The van der Waals surface area contributed by atoms with Gasteiger partial charge in [0.15, 0.2) is 17.2 Å². The SMILES string of the molecule is CS(=O)(=O)NCC(=O)N1CCOCCOc2ccccc2Oc2ccc(Cl)cc2NC(=O)C1. The fourth-order valence-corrected chi connectivity index (χ4v) is 3.47. The number of anilines is 1. The highest BCUT2D eigenvalue weighted by Crippen LogP contribution is 2.36. The summed E-state index contributed by atoms with van der Waals surface area (Å²) in [6.07, 6.45) is 0.945. The molecule has 33 heavy (non-hydrogen) atoms. The number of amides is 2. The van der Waals surface area contributed by atoms with Crippen molar-refractivity contribution in [2.45, 2.75) is 0 Å². The highest BCUT2D eigenvalue weighted by Gasteiger charge is 2.20. The lowest BCUT2D eigenvalue weighted by atomic mass is 10.2. The Morgan fingerprint density at radius 1 is 1.12 bits per heavy atom. The molecule has 1 aliphatic rings. The summed E-state index contributed by atoms with van der Waals surface area (Å²) in [5.74, 6) is 0.163. The Kier molecular flexibility index (Phi) is 8.50. The third-order valence-corrected chi connectivity index (χ3v) is 5.35. The van der Waals surface area contributed by atoms with Crippen LogP contribution in [0.2, 0.25) is 5.02 Å². The fraction of sp³-hybridized carbons (Fsp3) is 0.333. The molecular formula is C21H24ClN3O7S. The van der Waals surface area contributed by atoms with Gasteiger partial charge in [0.25, 0.3) is 0 Å². The molecule has 0 bridgehead atoms. The summed E-state index contributed by atoms with van der Waals surface area (Å²) < 4.78 is 42.0. The van der Waals surface area contributed by atoms with Gasteiger partial charge in [-0.2, -0.15) is 0 Å². The molecule has 178 valence electrons.